The Bertz CT molecular complexity index is 545. The van der Waals surface area contributed by atoms with Crippen LogP contribution < -0.4 is 5.32 Å². The van der Waals surface area contributed by atoms with Crippen LogP contribution in [-0.2, 0) is 0 Å². The minimum Gasteiger partial charge on any atom is -0.306 e. The lowest BCUT2D eigenvalue weighted by atomic mass is 9.97. The number of hydrogen-bond acceptors (Lipinski definition) is 1. The van der Waals surface area contributed by atoms with Crippen molar-refractivity contribution >= 4 is 11.6 Å². The molecule has 0 fully saturated rings. The highest BCUT2D eigenvalue weighted by Crippen LogP contribution is 2.25. The van der Waals surface area contributed by atoms with Gasteiger partial charge in [-0.25, -0.2) is 4.39 Å². The van der Waals surface area contributed by atoms with Crippen LogP contribution in [0.2, 0.25) is 5.02 Å². The van der Waals surface area contributed by atoms with Crippen molar-refractivity contribution in [3.63, 3.8) is 0 Å². The first kappa shape index (κ1) is 15.0. The molecular weight excluding hydrogens is 273 g/mol. The van der Waals surface area contributed by atoms with Crippen molar-refractivity contribution in [2.45, 2.75) is 26.3 Å². The predicted octanol–water partition coefficient (Wildman–Crippen LogP) is 4.88. The molecular formula is C17H19ClFN. The quantitative estimate of drug-likeness (QED) is 0.828. The van der Waals surface area contributed by atoms with Gasteiger partial charge in [-0.05, 0) is 60.8 Å². The molecule has 0 amide bonds. The van der Waals surface area contributed by atoms with Gasteiger partial charge in [0.25, 0.3) is 0 Å². The van der Waals surface area contributed by atoms with Gasteiger partial charge in [0, 0.05) is 5.02 Å². The lowest BCUT2D eigenvalue weighted by Gasteiger charge is -2.20. The topological polar surface area (TPSA) is 12.0 Å². The standard InChI is InChI=1S/C17H19ClFN/c1-3-8-20-17(13-4-6-15(18)7-5-13)14-9-12(2)10-16(19)11-14/h4-7,9-11,17,20H,3,8H2,1-2H3. The number of nitrogens with one attached hydrogen (secondary N) is 1. The SMILES string of the molecule is CCCNC(c1ccc(Cl)cc1)c1cc(C)cc(F)c1. The zero-order valence-corrected chi connectivity index (χ0v) is 12.5. The van der Waals surface area contributed by atoms with Gasteiger partial charge in [0.2, 0.25) is 0 Å². The zero-order valence-electron chi connectivity index (χ0n) is 11.8. The van der Waals surface area contributed by atoms with Crippen molar-refractivity contribution in [3.8, 4) is 0 Å². The molecule has 1 nitrogen and oxygen atoms in total. The fourth-order valence-corrected chi connectivity index (χ4v) is 2.43. The third-order valence-electron chi connectivity index (χ3n) is 3.20. The third kappa shape index (κ3) is 3.81. The van der Waals surface area contributed by atoms with Gasteiger partial charge in [-0.15, -0.1) is 0 Å². The maximum absolute atomic E-state index is 13.6. The van der Waals surface area contributed by atoms with Crippen LogP contribution >= 0.6 is 11.6 Å². The molecule has 1 unspecified atom stereocenters. The lowest BCUT2D eigenvalue weighted by Crippen LogP contribution is -2.23. The van der Waals surface area contributed by atoms with Crippen LogP contribution in [0.5, 0.6) is 0 Å². The van der Waals surface area contributed by atoms with Gasteiger partial charge in [-0.2, -0.15) is 0 Å². The Balaban J connectivity index is 2.38. The Kier molecular flexibility index (Phi) is 5.16. The van der Waals surface area contributed by atoms with E-state index in [1.807, 2.05) is 37.3 Å². The van der Waals surface area contributed by atoms with E-state index in [2.05, 4.69) is 12.2 Å². The first-order valence-corrected chi connectivity index (χ1v) is 7.24. The van der Waals surface area contributed by atoms with Gasteiger partial charge in [-0.3, -0.25) is 0 Å². The predicted molar refractivity (Wildman–Crippen MR) is 82.7 cm³/mol. The van der Waals surface area contributed by atoms with Crippen molar-refractivity contribution in [1.29, 1.82) is 0 Å². The fraction of sp³-hybridized carbons (Fsp3) is 0.294. The summed E-state index contributed by atoms with van der Waals surface area (Å²) in [4.78, 5) is 0. The number of aryl methyl sites for hydroxylation is 1. The molecule has 2 aromatic carbocycles. The molecule has 1 atom stereocenters. The second kappa shape index (κ2) is 6.87. The lowest BCUT2D eigenvalue weighted by molar-refractivity contribution is 0.584. The zero-order chi connectivity index (χ0) is 14.5. The maximum atomic E-state index is 13.6. The van der Waals surface area contributed by atoms with E-state index in [9.17, 15) is 4.39 Å². The van der Waals surface area contributed by atoms with Crippen molar-refractivity contribution in [3.05, 3.63) is 70.0 Å². The molecule has 0 aliphatic heterocycles. The minimum atomic E-state index is -0.197. The van der Waals surface area contributed by atoms with Gasteiger partial charge >= 0.3 is 0 Å². The molecule has 106 valence electrons. The van der Waals surface area contributed by atoms with E-state index in [0.717, 1.165) is 29.7 Å². The van der Waals surface area contributed by atoms with Gasteiger partial charge in [0.15, 0.2) is 0 Å². The first-order chi connectivity index (χ1) is 9.60. The summed E-state index contributed by atoms with van der Waals surface area (Å²) >= 11 is 5.94. The Morgan fingerprint density at radius 3 is 2.40 bits per heavy atom. The highest BCUT2D eigenvalue weighted by molar-refractivity contribution is 6.30. The van der Waals surface area contributed by atoms with E-state index < -0.39 is 0 Å². The van der Waals surface area contributed by atoms with E-state index in [1.54, 1.807) is 12.1 Å². The number of hydrogen-bond donors (Lipinski definition) is 1. The molecule has 2 rings (SSSR count). The molecule has 0 radical (unpaired) electrons. The van der Waals surface area contributed by atoms with Gasteiger partial charge in [0.1, 0.15) is 5.82 Å². The molecule has 0 spiro atoms. The summed E-state index contributed by atoms with van der Waals surface area (Å²) < 4.78 is 13.6. The second-order valence-electron chi connectivity index (χ2n) is 5.00. The summed E-state index contributed by atoms with van der Waals surface area (Å²) in [5, 5.41) is 4.17. The van der Waals surface area contributed by atoms with Crippen LogP contribution in [0.1, 0.15) is 36.1 Å². The van der Waals surface area contributed by atoms with Gasteiger partial charge < -0.3 is 5.32 Å². The van der Waals surface area contributed by atoms with Gasteiger partial charge in [-0.1, -0.05) is 36.7 Å². The Morgan fingerprint density at radius 2 is 1.80 bits per heavy atom. The van der Waals surface area contributed by atoms with Crippen molar-refractivity contribution in [2.24, 2.45) is 0 Å². The molecule has 0 heterocycles. The summed E-state index contributed by atoms with van der Waals surface area (Å²) in [6.07, 6.45) is 1.03. The van der Waals surface area contributed by atoms with Crippen LogP contribution in [0.3, 0.4) is 0 Å². The minimum absolute atomic E-state index is 0.0124. The molecule has 20 heavy (non-hydrogen) atoms. The smallest absolute Gasteiger partial charge is 0.123 e. The molecule has 0 bridgehead atoms. The normalized spacial score (nSPS) is 12.4. The van der Waals surface area contributed by atoms with Crippen LogP contribution in [0.4, 0.5) is 4.39 Å². The third-order valence-corrected chi connectivity index (χ3v) is 3.45. The molecule has 0 aliphatic carbocycles. The second-order valence-corrected chi connectivity index (χ2v) is 5.44. The Labute approximate surface area is 124 Å². The molecule has 0 saturated heterocycles. The van der Waals surface area contributed by atoms with E-state index in [1.165, 1.54) is 0 Å². The number of rotatable bonds is 5. The van der Waals surface area contributed by atoms with Crippen LogP contribution in [0, 0.1) is 12.7 Å². The van der Waals surface area contributed by atoms with Gasteiger partial charge in [0.05, 0.1) is 6.04 Å². The van der Waals surface area contributed by atoms with Crippen molar-refractivity contribution in [1.82, 2.24) is 5.32 Å². The number of halogens is 2. The van der Waals surface area contributed by atoms with E-state index >= 15 is 0 Å². The summed E-state index contributed by atoms with van der Waals surface area (Å²) in [6, 6.07) is 12.8. The summed E-state index contributed by atoms with van der Waals surface area (Å²) in [7, 11) is 0. The fourth-order valence-electron chi connectivity index (χ4n) is 2.30. The molecule has 1 N–H and O–H groups in total. The van der Waals surface area contributed by atoms with Crippen molar-refractivity contribution < 1.29 is 4.39 Å². The average molecular weight is 292 g/mol. The molecule has 0 aromatic heterocycles. The van der Waals surface area contributed by atoms with E-state index in [-0.39, 0.29) is 11.9 Å². The summed E-state index contributed by atoms with van der Waals surface area (Å²) in [5.41, 5.74) is 2.96. The van der Waals surface area contributed by atoms with Crippen LogP contribution in [0.25, 0.3) is 0 Å². The highest BCUT2D eigenvalue weighted by Gasteiger charge is 2.14. The largest absolute Gasteiger partial charge is 0.306 e. The van der Waals surface area contributed by atoms with Crippen molar-refractivity contribution in [2.75, 3.05) is 6.54 Å². The van der Waals surface area contributed by atoms with E-state index in [4.69, 9.17) is 11.6 Å². The maximum Gasteiger partial charge on any atom is 0.123 e. The first-order valence-electron chi connectivity index (χ1n) is 6.86. The molecule has 0 saturated carbocycles. The van der Waals surface area contributed by atoms with E-state index in [0.29, 0.717) is 5.02 Å². The number of benzene rings is 2. The van der Waals surface area contributed by atoms with Crippen LogP contribution in [-0.4, -0.2) is 6.54 Å². The average Bonchev–Trinajstić information content (AvgIpc) is 2.40. The monoisotopic (exact) mass is 291 g/mol. The summed E-state index contributed by atoms with van der Waals surface area (Å²) in [5.74, 6) is -0.197. The molecule has 3 heteroatoms. The highest BCUT2D eigenvalue weighted by atomic mass is 35.5. The van der Waals surface area contributed by atoms with Crippen LogP contribution in [0.15, 0.2) is 42.5 Å². The Hall–Kier alpha value is -1.38. The summed E-state index contributed by atoms with van der Waals surface area (Å²) in [6.45, 7) is 4.90. The Morgan fingerprint density at radius 1 is 1.10 bits per heavy atom. The molecule has 0 aliphatic rings. The molecule has 2 aromatic rings.